The van der Waals surface area contributed by atoms with Crippen LogP contribution >= 0.6 is 0 Å². The molecule has 0 spiro atoms. The third kappa shape index (κ3) is 6.00. The topological polar surface area (TPSA) is 71.1 Å². The fraction of sp³-hybridized carbons (Fsp3) is 0.529. The van der Waals surface area contributed by atoms with Crippen molar-refractivity contribution in [3.63, 3.8) is 0 Å². The van der Waals surface area contributed by atoms with Crippen LogP contribution in [0.3, 0.4) is 0 Å². The van der Waals surface area contributed by atoms with Crippen molar-refractivity contribution in [1.29, 1.82) is 0 Å². The maximum atomic E-state index is 11.2. The van der Waals surface area contributed by atoms with E-state index in [4.69, 9.17) is 14.7 Å². The summed E-state index contributed by atoms with van der Waals surface area (Å²) in [5.74, 6) is 0.721. The molecule has 128 valence electrons. The van der Waals surface area contributed by atoms with Gasteiger partial charge < -0.3 is 9.78 Å². The Kier molecular flexibility index (Phi) is 8.94. The number of aldehydes is 2. The first-order valence-electron chi connectivity index (χ1n) is 7.78. The summed E-state index contributed by atoms with van der Waals surface area (Å²) in [6, 6.07) is 2.76. The van der Waals surface area contributed by atoms with E-state index in [-0.39, 0.29) is 22.6 Å². The van der Waals surface area contributed by atoms with Crippen molar-refractivity contribution in [3.05, 3.63) is 23.3 Å². The molecule has 0 heterocycles. The highest BCUT2D eigenvalue weighted by molar-refractivity contribution is 5.86. The second-order valence-electron chi connectivity index (χ2n) is 5.20. The van der Waals surface area contributed by atoms with Crippen LogP contribution in [0.4, 0.5) is 0 Å². The molecule has 0 bridgehead atoms. The smallest absolute Gasteiger partial charge is 0.176 e. The largest absolute Gasteiger partial charge is 0.337 e. The molecule has 0 saturated carbocycles. The molecule has 1 aromatic rings. The summed E-state index contributed by atoms with van der Waals surface area (Å²) in [5, 5.41) is 0. The Labute approximate surface area is 136 Å². The Bertz CT molecular complexity index is 500. The lowest BCUT2D eigenvalue weighted by Crippen LogP contribution is -2.12. The Morgan fingerprint density at radius 2 is 1.65 bits per heavy atom. The molecule has 0 N–H and O–H groups in total. The zero-order valence-corrected chi connectivity index (χ0v) is 13.9. The summed E-state index contributed by atoms with van der Waals surface area (Å²) >= 11 is 0. The molecule has 0 aliphatic carbocycles. The summed E-state index contributed by atoms with van der Waals surface area (Å²) in [4.78, 5) is 42.1. The lowest BCUT2D eigenvalue weighted by molar-refractivity contribution is -0.217. The molecule has 1 atom stereocenters. The van der Waals surface area contributed by atoms with Crippen LogP contribution in [0.2, 0.25) is 0 Å². The molecule has 0 aliphatic rings. The quantitative estimate of drug-likeness (QED) is 0.331. The van der Waals surface area contributed by atoms with Crippen LogP contribution in [0.5, 0.6) is 11.5 Å². The Morgan fingerprint density at radius 1 is 1.04 bits per heavy atom. The number of unbranched alkanes of at least 4 members (excludes halogenated alkanes) is 1. The molecule has 0 aliphatic heterocycles. The number of carbonyl (C=O) groups is 2. The maximum Gasteiger partial charge on any atom is 0.176 e. The highest BCUT2D eigenvalue weighted by atomic mass is 17.2. The number of rotatable bonds is 12. The van der Waals surface area contributed by atoms with Gasteiger partial charge in [-0.3, -0.25) is 9.59 Å². The monoisotopic (exact) mass is 324 g/mol. The number of carbonyl (C=O) groups excluding carboxylic acids is 2. The third-order valence-electron chi connectivity index (χ3n) is 3.56. The standard InChI is InChI=1S/C17H24O6/c1-4-6-7-13(5-2)12-21-23-17-9-14(10-18)16(22-20-3)8-15(17)11-19/h8-11,13H,4-7,12H2,1-3H3. The van der Waals surface area contributed by atoms with Crippen LogP contribution in [0.25, 0.3) is 0 Å². The highest BCUT2D eigenvalue weighted by Crippen LogP contribution is 2.27. The van der Waals surface area contributed by atoms with E-state index in [2.05, 4.69) is 18.7 Å². The van der Waals surface area contributed by atoms with Crippen LogP contribution in [0.15, 0.2) is 12.1 Å². The highest BCUT2D eigenvalue weighted by Gasteiger charge is 2.14. The van der Waals surface area contributed by atoms with E-state index >= 15 is 0 Å². The van der Waals surface area contributed by atoms with Crippen LogP contribution < -0.4 is 9.78 Å². The van der Waals surface area contributed by atoms with Crippen LogP contribution in [0.1, 0.15) is 60.2 Å². The summed E-state index contributed by atoms with van der Waals surface area (Å²) in [6.07, 6.45) is 5.52. The molecule has 0 radical (unpaired) electrons. The van der Waals surface area contributed by atoms with Gasteiger partial charge in [0, 0.05) is 0 Å². The van der Waals surface area contributed by atoms with Gasteiger partial charge in [-0.2, -0.15) is 9.78 Å². The molecule has 0 saturated heterocycles. The zero-order valence-electron chi connectivity index (χ0n) is 13.9. The number of hydrogen-bond donors (Lipinski definition) is 0. The minimum Gasteiger partial charge on any atom is -0.337 e. The zero-order chi connectivity index (χ0) is 17.1. The first kappa shape index (κ1) is 19.1. The Hall–Kier alpha value is -1.92. The molecule has 0 aromatic heterocycles. The summed E-state index contributed by atoms with van der Waals surface area (Å²) in [6.45, 7) is 4.68. The van der Waals surface area contributed by atoms with Gasteiger partial charge in [-0.1, -0.05) is 33.1 Å². The Balaban J connectivity index is 2.75. The molecule has 1 rings (SSSR count). The molecule has 1 unspecified atom stereocenters. The van der Waals surface area contributed by atoms with E-state index in [9.17, 15) is 9.59 Å². The van der Waals surface area contributed by atoms with Crippen molar-refractivity contribution in [2.45, 2.75) is 39.5 Å². The fourth-order valence-electron chi connectivity index (χ4n) is 2.10. The predicted molar refractivity (Wildman–Crippen MR) is 84.7 cm³/mol. The van der Waals surface area contributed by atoms with Crippen molar-refractivity contribution < 1.29 is 29.1 Å². The van der Waals surface area contributed by atoms with Crippen molar-refractivity contribution in [3.8, 4) is 11.5 Å². The predicted octanol–water partition coefficient (Wildman–Crippen LogP) is 3.78. The molecular formula is C17H24O6. The van der Waals surface area contributed by atoms with Gasteiger partial charge in [-0.25, -0.2) is 0 Å². The van der Waals surface area contributed by atoms with E-state index in [0.29, 0.717) is 25.1 Å². The summed E-state index contributed by atoms with van der Waals surface area (Å²) in [7, 11) is 1.31. The summed E-state index contributed by atoms with van der Waals surface area (Å²) < 4.78 is 0. The van der Waals surface area contributed by atoms with E-state index in [1.807, 2.05) is 0 Å². The van der Waals surface area contributed by atoms with Gasteiger partial charge in [0.05, 0.1) is 24.8 Å². The van der Waals surface area contributed by atoms with E-state index in [1.54, 1.807) is 0 Å². The first-order valence-corrected chi connectivity index (χ1v) is 7.78. The van der Waals surface area contributed by atoms with Crippen molar-refractivity contribution in [1.82, 2.24) is 0 Å². The van der Waals surface area contributed by atoms with Crippen molar-refractivity contribution >= 4 is 12.6 Å². The molecular weight excluding hydrogens is 300 g/mol. The lowest BCUT2D eigenvalue weighted by atomic mass is 10.0. The van der Waals surface area contributed by atoms with Gasteiger partial charge >= 0.3 is 0 Å². The minimum absolute atomic E-state index is 0.145. The summed E-state index contributed by atoms with van der Waals surface area (Å²) in [5.41, 5.74) is 0.415. The van der Waals surface area contributed by atoms with Gasteiger partial charge in [0.15, 0.2) is 24.1 Å². The molecule has 6 heteroatoms. The second-order valence-corrected chi connectivity index (χ2v) is 5.20. The van der Waals surface area contributed by atoms with E-state index < -0.39 is 0 Å². The average molecular weight is 324 g/mol. The Morgan fingerprint density at radius 3 is 2.13 bits per heavy atom. The molecule has 6 nitrogen and oxygen atoms in total. The third-order valence-corrected chi connectivity index (χ3v) is 3.56. The SMILES string of the molecule is CCCCC(CC)COOc1cc(C=O)c(OOC)cc1C=O. The molecule has 1 aromatic carbocycles. The van der Waals surface area contributed by atoms with E-state index in [0.717, 1.165) is 25.7 Å². The average Bonchev–Trinajstić information content (AvgIpc) is 2.58. The van der Waals surface area contributed by atoms with Gasteiger partial charge in [0.2, 0.25) is 0 Å². The van der Waals surface area contributed by atoms with Crippen LogP contribution in [-0.4, -0.2) is 26.3 Å². The van der Waals surface area contributed by atoms with Crippen LogP contribution in [0, 0.1) is 5.92 Å². The second kappa shape index (κ2) is 10.7. The van der Waals surface area contributed by atoms with Gasteiger partial charge in [-0.15, -0.1) is 0 Å². The van der Waals surface area contributed by atoms with Crippen molar-refractivity contribution in [2.24, 2.45) is 5.92 Å². The lowest BCUT2D eigenvalue weighted by Gasteiger charge is -2.15. The minimum atomic E-state index is 0.145. The first-order chi connectivity index (χ1) is 11.2. The normalized spacial score (nSPS) is 11.8. The molecule has 23 heavy (non-hydrogen) atoms. The van der Waals surface area contributed by atoms with Gasteiger partial charge in [0.25, 0.3) is 0 Å². The molecule has 0 amide bonds. The molecule has 0 fully saturated rings. The van der Waals surface area contributed by atoms with Crippen molar-refractivity contribution in [2.75, 3.05) is 13.7 Å². The maximum absolute atomic E-state index is 11.2. The van der Waals surface area contributed by atoms with Gasteiger partial charge in [0.1, 0.15) is 0 Å². The van der Waals surface area contributed by atoms with Gasteiger partial charge in [-0.05, 0) is 24.5 Å². The number of hydrogen-bond acceptors (Lipinski definition) is 6. The number of benzene rings is 1. The fourth-order valence-corrected chi connectivity index (χ4v) is 2.10. The van der Waals surface area contributed by atoms with E-state index in [1.165, 1.54) is 19.2 Å². The van der Waals surface area contributed by atoms with Crippen LogP contribution in [-0.2, 0) is 9.78 Å².